The number of hydrogen-bond donors (Lipinski definition) is 0. The van der Waals surface area contributed by atoms with E-state index in [1.165, 1.54) is 11.1 Å². The Bertz CT molecular complexity index is 632. The lowest BCUT2D eigenvalue weighted by atomic mass is 10.1. The van der Waals surface area contributed by atoms with Crippen LogP contribution in [0.5, 0.6) is 11.5 Å². The van der Waals surface area contributed by atoms with Crippen LogP contribution in [0.1, 0.15) is 27.0 Å². The number of benzene rings is 2. The maximum absolute atomic E-state index is 10.7. The first-order valence-corrected chi connectivity index (χ1v) is 6.99. The first-order valence-electron chi connectivity index (χ1n) is 6.99. The van der Waals surface area contributed by atoms with Crippen molar-refractivity contribution in [1.82, 2.24) is 0 Å². The van der Waals surface area contributed by atoms with Gasteiger partial charge in [0.1, 0.15) is 31.0 Å². The fourth-order valence-electron chi connectivity index (χ4n) is 2.14. The van der Waals surface area contributed by atoms with Crippen LogP contribution >= 0.6 is 0 Å². The Morgan fingerprint density at radius 3 is 2.52 bits per heavy atom. The molecule has 0 spiro atoms. The summed E-state index contributed by atoms with van der Waals surface area (Å²) in [5, 5.41) is 0. The normalized spacial score (nSPS) is 10.2. The molecule has 2 aromatic rings. The van der Waals surface area contributed by atoms with Gasteiger partial charge >= 0.3 is 0 Å². The molecule has 0 fully saturated rings. The molecule has 3 nitrogen and oxygen atoms in total. The summed E-state index contributed by atoms with van der Waals surface area (Å²) in [5.74, 6) is 1.58. The van der Waals surface area contributed by atoms with E-state index in [0.717, 1.165) is 17.6 Å². The zero-order valence-electron chi connectivity index (χ0n) is 12.7. The lowest BCUT2D eigenvalue weighted by molar-refractivity contribution is 0.112. The van der Waals surface area contributed by atoms with Gasteiger partial charge in [-0.2, -0.15) is 0 Å². The summed E-state index contributed by atoms with van der Waals surface area (Å²) in [7, 11) is 0. The molecule has 110 valence electrons. The fraction of sp³-hybridized carbons (Fsp3) is 0.278. The SMILES string of the molecule is Cc1cc(C)c(C)c(OCCOc2cccc(C=O)c2)c1. The first-order chi connectivity index (χ1) is 10.1. The second-order valence-electron chi connectivity index (χ2n) is 5.09. The molecule has 0 heterocycles. The molecule has 0 radical (unpaired) electrons. The predicted octanol–water partition coefficient (Wildman–Crippen LogP) is 3.88. The quantitative estimate of drug-likeness (QED) is 0.596. The van der Waals surface area contributed by atoms with Gasteiger partial charge in [-0.3, -0.25) is 4.79 Å². The van der Waals surface area contributed by atoms with Gasteiger partial charge in [0, 0.05) is 5.56 Å². The predicted molar refractivity (Wildman–Crippen MR) is 83.5 cm³/mol. The first kappa shape index (κ1) is 15.1. The minimum Gasteiger partial charge on any atom is -0.490 e. The van der Waals surface area contributed by atoms with Crippen LogP contribution in [0, 0.1) is 20.8 Å². The van der Waals surface area contributed by atoms with Crippen molar-refractivity contribution in [2.24, 2.45) is 0 Å². The Kier molecular flexibility index (Phi) is 4.99. The van der Waals surface area contributed by atoms with Gasteiger partial charge in [0.2, 0.25) is 0 Å². The summed E-state index contributed by atoms with van der Waals surface area (Å²) in [6, 6.07) is 11.3. The summed E-state index contributed by atoms with van der Waals surface area (Å²) in [4.78, 5) is 10.7. The van der Waals surface area contributed by atoms with Crippen molar-refractivity contribution in [2.45, 2.75) is 20.8 Å². The summed E-state index contributed by atoms with van der Waals surface area (Å²) in [5.41, 5.74) is 4.18. The highest BCUT2D eigenvalue weighted by Gasteiger charge is 2.04. The van der Waals surface area contributed by atoms with E-state index in [-0.39, 0.29) is 0 Å². The minimum atomic E-state index is 0.439. The lowest BCUT2D eigenvalue weighted by Gasteiger charge is -2.13. The van der Waals surface area contributed by atoms with Crippen molar-refractivity contribution in [2.75, 3.05) is 13.2 Å². The van der Waals surface area contributed by atoms with Gasteiger partial charge < -0.3 is 9.47 Å². The smallest absolute Gasteiger partial charge is 0.150 e. The standard InChI is InChI=1S/C18H20O3/c1-13-9-14(2)15(3)18(10-13)21-8-7-20-17-6-4-5-16(11-17)12-19/h4-6,9-12H,7-8H2,1-3H3. The molecule has 21 heavy (non-hydrogen) atoms. The zero-order valence-corrected chi connectivity index (χ0v) is 12.7. The van der Waals surface area contributed by atoms with Crippen molar-refractivity contribution in [3.63, 3.8) is 0 Å². The van der Waals surface area contributed by atoms with E-state index in [2.05, 4.69) is 26.8 Å². The van der Waals surface area contributed by atoms with Crippen LogP contribution in [-0.4, -0.2) is 19.5 Å². The van der Waals surface area contributed by atoms with Crippen LogP contribution < -0.4 is 9.47 Å². The monoisotopic (exact) mass is 284 g/mol. The summed E-state index contributed by atoms with van der Waals surface area (Å²) < 4.78 is 11.4. The number of aldehydes is 1. The van der Waals surface area contributed by atoms with Crippen LogP contribution in [-0.2, 0) is 0 Å². The molecule has 0 aromatic heterocycles. The molecule has 0 bridgehead atoms. The van der Waals surface area contributed by atoms with Crippen LogP contribution in [0.4, 0.5) is 0 Å². The highest BCUT2D eigenvalue weighted by atomic mass is 16.5. The van der Waals surface area contributed by atoms with Gasteiger partial charge in [0.25, 0.3) is 0 Å². The van der Waals surface area contributed by atoms with Crippen LogP contribution in [0.3, 0.4) is 0 Å². The molecule has 0 unspecified atom stereocenters. The Labute approximate surface area is 125 Å². The molecule has 2 aromatic carbocycles. The van der Waals surface area contributed by atoms with Gasteiger partial charge in [-0.25, -0.2) is 0 Å². The Balaban J connectivity index is 1.89. The lowest BCUT2D eigenvalue weighted by Crippen LogP contribution is -2.10. The molecule has 0 aliphatic heterocycles. The van der Waals surface area contributed by atoms with E-state index < -0.39 is 0 Å². The molecule has 0 saturated carbocycles. The Hall–Kier alpha value is -2.29. The maximum Gasteiger partial charge on any atom is 0.150 e. The minimum absolute atomic E-state index is 0.439. The topological polar surface area (TPSA) is 35.5 Å². The van der Waals surface area contributed by atoms with Gasteiger partial charge in [0.15, 0.2) is 0 Å². The molecule has 0 saturated heterocycles. The maximum atomic E-state index is 10.7. The molecule has 0 atom stereocenters. The molecule has 0 aliphatic carbocycles. The average molecular weight is 284 g/mol. The fourth-order valence-corrected chi connectivity index (χ4v) is 2.14. The second-order valence-corrected chi connectivity index (χ2v) is 5.09. The summed E-state index contributed by atoms with van der Waals surface area (Å²) >= 11 is 0. The number of hydrogen-bond acceptors (Lipinski definition) is 3. The van der Waals surface area contributed by atoms with Crippen LogP contribution in [0.15, 0.2) is 36.4 Å². The van der Waals surface area contributed by atoms with Crippen molar-refractivity contribution in [1.29, 1.82) is 0 Å². The van der Waals surface area contributed by atoms with Crippen molar-refractivity contribution >= 4 is 6.29 Å². The highest BCUT2D eigenvalue weighted by molar-refractivity contribution is 5.75. The molecule has 0 amide bonds. The zero-order chi connectivity index (χ0) is 15.2. The Morgan fingerprint density at radius 1 is 1.00 bits per heavy atom. The number of aryl methyl sites for hydroxylation is 2. The largest absolute Gasteiger partial charge is 0.490 e. The third kappa shape index (κ3) is 4.09. The molecule has 3 heteroatoms. The van der Waals surface area contributed by atoms with Gasteiger partial charge in [-0.05, 0) is 55.7 Å². The number of carbonyl (C=O) groups excluding carboxylic acids is 1. The third-order valence-electron chi connectivity index (χ3n) is 3.37. The van der Waals surface area contributed by atoms with Gasteiger partial charge in [0.05, 0.1) is 0 Å². The Morgan fingerprint density at radius 2 is 1.76 bits per heavy atom. The van der Waals surface area contributed by atoms with E-state index in [1.807, 2.05) is 12.1 Å². The summed E-state index contributed by atoms with van der Waals surface area (Å²) in [6.07, 6.45) is 0.808. The van der Waals surface area contributed by atoms with Crippen LogP contribution in [0.2, 0.25) is 0 Å². The van der Waals surface area contributed by atoms with Crippen molar-refractivity contribution in [3.05, 3.63) is 58.7 Å². The number of ether oxygens (including phenoxy) is 2. The highest BCUT2D eigenvalue weighted by Crippen LogP contribution is 2.23. The van der Waals surface area contributed by atoms with E-state index >= 15 is 0 Å². The van der Waals surface area contributed by atoms with Crippen LogP contribution in [0.25, 0.3) is 0 Å². The van der Waals surface area contributed by atoms with Gasteiger partial charge in [-0.15, -0.1) is 0 Å². The molecule has 0 aliphatic rings. The third-order valence-corrected chi connectivity index (χ3v) is 3.37. The van der Waals surface area contributed by atoms with E-state index in [1.54, 1.807) is 18.2 Å². The van der Waals surface area contributed by atoms with E-state index in [9.17, 15) is 4.79 Å². The molecular weight excluding hydrogens is 264 g/mol. The van der Waals surface area contributed by atoms with E-state index in [0.29, 0.717) is 24.5 Å². The number of rotatable bonds is 6. The molecule has 2 rings (SSSR count). The second kappa shape index (κ2) is 6.93. The van der Waals surface area contributed by atoms with Crippen molar-refractivity contribution < 1.29 is 14.3 Å². The molecular formula is C18H20O3. The number of carbonyl (C=O) groups is 1. The van der Waals surface area contributed by atoms with Crippen molar-refractivity contribution in [3.8, 4) is 11.5 Å². The summed E-state index contributed by atoms with van der Waals surface area (Å²) in [6.45, 7) is 7.10. The van der Waals surface area contributed by atoms with E-state index in [4.69, 9.17) is 9.47 Å². The molecule has 0 N–H and O–H groups in total. The van der Waals surface area contributed by atoms with Gasteiger partial charge in [-0.1, -0.05) is 18.2 Å². The average Bonchev–Trinajstić information content (AvgIpc) is 2.48.